The molecule has 0 bridgehead atoms. The van der Waals surface area contributed by atoms with Crippen molar-refractivity contribution in [2.24, 2.45) is 5.92 Å². The third-order valence-electron chi connectivity index (χ3n) is 4.88. The van der Waals surface area contributed by atoms with Gasteiger partial charge in [0.15, 0.2) is 0 Å². The Morgan fingerprint density at radius 1 is 1.26 bits per heavy atom. The van der Waals surface area contributed by atoms with Gasteiger partial charge in [-0.3, -0.25) is 4.79 Å². The Morgan fingerprint density at radius 2 is 1.93 bits per heavy atom. The molecule has 0 aliphatic heterocycles. The molecule has 1 aromatic heterocycles. The third kappa shape index (κ3) is 4.54. The highest BCUT2D eigenvalue weighted by Gasteiger charge is 2.44. The van der Waals surface area contributed by atoms with Crippen LogP contribution in [0.15, 0.2) is 41.3 Å². The van der Waals surface area contributed by atoms with E-state index < -0.39 is 10.0 Å². The minimum Gasteiger partial charge on any atom is -0.352 e. The molecule has 1 N–H and O–H groups in total. The van der Waals surface area contributed by atoms with Crippen molar-refractivity contribution in [3.05, 3.63) is 51.2 Å². The van der Waals surface area contributed by atoms with Crippen LogP contribution in [0, 0.1) is 5.92 Å². The van der Waals surface area contributed by atoms with Crippen LogP contribution in [-0.4, -0.2) is 31.7 Å². The SMILES string of the molecule is CC(C)N(C)S(=O)(=O)c1ccc(CNC(=O)[C@@H]2C[C@H]2c2ccc(Cl)s2)cc1. The second-order valence-electron chi connectivity index (χ2n) is 7.07. The van der Waals surface area contributed by atoms with Crippen LogP contribution >= 0.6 is 22.9 Å². The molecule has 3 rings (SSSR count). The number of carbonyl (C=O) groups excluding carboxylic acids is 1. The van der Waals surface area contributed by atoms with Crippen LogP contribution in [0.3, 0.4) is 0 Å². The van der Waals surface area contributed by atoms with Gasteiger partial charge in [-0.05, 0) is 50.1 Å². The fraction of sp³-hybridized carbons (Fsp3) is 0.421. The van der Waals surface area contributed by atoms with Crippen molar-refractivity contribution in [3.63, 3.8) is 0 Å². The van der Waals surface area contributed by atoms with Crippen molar-refractivity contribution < 1.29 is 13.2 Å². The lowest BCUT2D eigenvalue weighted by molar-refractivity contribution is -0.122. The molecule has 1 fully saturated rings. The Hall–Kier alpha value is -1.41. The Labute approximate surface area is 169 Å². The molecule has 2 atom stereocenters. The molecule has 0 radical (unpaired) electrons. The van der Waals surface area contributed by atoms with Crippen molar-refractivity contribution in [3.8, 4) is 0 Å². The number of hydrogen-bond acceptors (Lipinski definition) is 4. The maximum atomic E-state index is 12.5. The van der Waals surface area contributed by atoms with E-state index in [2.05, 4.69) is 5.32 Å². The second-order valence-corrected chi connectivity index (χ2v) is 10.8. The highest BCUT2D eigenvalue weighted by atomic mass is 35.5. The molecular formula is C19H23ClN2O3S2. The quantitative estimate of drug-likeness (QED) is 0.731. The van der Waals surface area contributed by atoms with Gasteiger partial charge in [0.2, 0.25) is 15.9 Å². The van der Waals surface area contributed by atoms with E-state index >= 15 is 0 Å². The maximum absolute atomic E-state index is 12.5. The van der Waals surface area contributed by atoms with Crippen LogP contribution in [0.2, 0.25) is 4.34 Å². The minimum absolute atomic E-state index is 0.000871. The molecule has 146 valence electrons. The molecule has 5 nitrogen and oxygen atoms in total. The molecule has 1 amide bonds. The van der Waals surface area contributed by atoms with Crippen LogP contribution < -0.4 is 5.32 Å². The summed E-state index contributed by atoms with van der Waals surface area (Å²) in [6.45, 7) is 4.04. The lowest BCUT2D eigenvalue weighted by atomic mass is 10.2. The van der Waals surface area contributed by atoms with Crippen LogP contribution in [0.25, 0.3) is 0 Å². The number of halogens is 1. The number of thiophene rings is 1. The summed E-state index contributed by atoms with van der Waals surface area (Å²) < 4.78 is 27.0. The number of nitrogens with one attached hydrogen (secondary N) is 1. The first kappa shape index (κ1) is 20.3. The van der Waals surface area contributed by atoms with E-state index in [0.29, 0.717) is 6.54 Å². The van der Waals surface area contributed by atoms with Crippen LogP contribution in [0.4, 0.5) is 0 Å². The first-order valence-electron chi connectivity index (χ1n) is 8.80. The largest absolute Gasteiger partial charge is 0.352 e. The molecular weight excluding hydrogens is 404 g/mol. The first-order valence-corrected chi connectivity index (χ1v) is 11.4. The van der Waals surface area contributed by atoms with Gasteiger partial charge in [0.1, 0.15) is 0 Å². The second kappa shape index (κ2) is 7.91. The first-order chi connectivity index (χ1) is 12.7. The van der Waals surface area contributed by atoms with Gasteiger partial charge in [0, 0.05) is 36.3 Å². The molecule has 1 aliphatic rings. The van der Waals surface area contributed by atoms with Crippen molar-refractivity contribution in [2.75, 3.05) is 7.05 Å². The maximum Gasteiger partial charge on any atom is 0.243 e. The third-order valence-corrected chi connectivity index (χ3v) is 8.29. The highest BCUT2D eigenvalue weighted by Crippen LogP contribution is 2.50. The number of benzene rings is 1. The summed E-state index contributed by atoms with van der Waals surface area (Å²) >= 11 is 7.48. The number of hydrogen-bond donors (Lipinski definition) is 1. The molecule has 1 heterocycles. The fourth-order valence-corrected chi connectivity index (χ4v) is 5.48. The van der Waals surface area contributed by atoms with E-state index in [4.69, 9.17) is 11.6 Å². The van der Waals surface area contributed by atoms with Crippen molar-refractivity contribution >= 4 is 38.9 Å². The van der Waals surface area contributed by atoms with Crippen molar-refractivity contribution in [2.45, 2.75) is 43.7 Å². The van der Waals surface area contributed by atoms with E-state index in [0.717, 1.165) is 21.2 Å². The monoisotopic (exact) mass is 426 g/mol. The smallest absolute Gasteiger partial charge is 0.243 e. The van der Waals surface area contributed by atoms with Gasteiger partial charge in [-0.15, -0.1) is 11.3 Å². The van der Waals surface area contributed by atoms with Gasteiger partial charge < -0.3 is 5.32 Å². The molecule has 8 heteroatoms. The summed E-state index contributed by atoms with van der Waals surface area (Å²) in [5.41, 5.74) is 0.867. The summed E-state index contributed by atoms with van der Waals surface area (Å²) in [6.07, 6.45) is 0.849. The molecule has 27 heavy (non-hydrogen) atoms. The van der Waals surface area contributed by atoms with Gasteiger partial charge in [-0.1, -0.05) is 23.7 Å². The van der Waals surface area contributed by atoms with Gasteiger partial charge in [0.25, 0.3) is 0 Å². The van der Waals surface area contributed by atoms with Crippen molar-refractivity contribution in [1.82, 2.24) is 9.62 Å². The summed E-state index contributed by atoms with van der Waals surface area (Å²) in [5.74, 6) is 0.293. The molecule has 0 unspecified atom stereocenters. The van der Waals surface area contributed by atoms with Crippen LogP contribution in [-0.2, 0) is 21.4 Å². The minimum atomic E-state index is -3.49. The van der Waals surface area contributed by atoms with Crippen LogP contribution in [0.5, 0.6) is 0 Å². The number of nitrogens with zero attached hydrogens (tertiary/aromatic N) is 1. The number of amides is 1. The predicted molar refractivity (Wildman–Crippen MR) is 109 cm³/mol. The molecule has 2 aromatic rings. The Bertz CT molecular complexity index is 923. The van der Waals surface area contributed by atoms with E-state index in [1.807, 2.05) is 26.0 Å². The highest BCUT2D eigenvalue weighted by molar-refractivity contribution is 7.89. The number of carbonyl (C=O) groups is 1. The van der Waals surface area contributed by atoms with E-state index in [9.17, 15) is 13.2 Å². The standard InChI is InChI=1S/C19H23ClN2O3S2/c1-12(2)22(3)27(24,25)14-6-4-13(5-7-14)11-21-19(23)16-10-15(16)17-8-9-18(20)26-17/h4-9,12,15-16H,10-11H2,1-3H3,(H,21,23)/t15-,16-/m1/s1. The average Bonchev–Trinajstić information content (AvgIpc) is 3.33. The zero-order valence-corrected chi connectivity index (χ0v) is 17.9. The zero-order chi connectivity index (χ0) is 19.8. The Kier molecular flexibility index (Phi) is 5.96. The lowest BCUT2D eigenvalue weighted by Gasteiger charge is -2.21. The zero-order valence-electron chi connectivity index (χ0n) is 15.5. The molecule has 1 aromatic carbocycles. The normalized spacial score (nSPS) is 19.5. The molecule has 1 aliphatic carbocycles. The number of sulfonamides is 1. The summed E-state index contributed by atoms with van der Waals surface area (Å²) in [5, 5.41) is 2.94. The Morgan fingerprint density at radius 3 is 2.48 bits per heavy atom. The summed E-state index contributed by atoms with van der Waals surface area (Å²) in [4.78, 5) is 13.7. The fourth-order valence-electron chi connectivity index (χ4n) is 2.87. The summed E-state index contributed by atoms with van der Waals surface area (Å²) in [6, 6.07) is 10.4. The van der Waals surface area contributed by atoms with Gasteiger partial charge in [-0.25, -0.2) is 8.42 Å². The van der Waals surface area contributed by atoms with E-state index in [1.54, 1.807) is 31.3 Å². The molecule has 0 saturated heterocycles. The van der Waals surface area contributed by atoms with E-state index in [-0.39, 0.29) is 28.7 Å². The van der Waals surface area contributed by atoms with E-state index in [1.165, 1.54) is 15.6 Å². The number of rotatable bonds is 7. The average molecular weight is 427 g/mol. The lowest BCUT2D eigenvalue weighted by Crippen LogP contribution is -2.33. The van der Waals surface area contributed by atoms with Gasteiger partial charge in [0.05, 0.1) is 9.23 Å². The predicted octanol–water partition coefficient (Wildman–Crippen LogP) is 3.85. The summed E-state index contributed by atoms with van der Waals surface area (Å²) in [7, 11) is -1.92. The Balaban J connectivity index is 1.56. The van der Waals surface area contributed by atoms with Crippen molar-refractivity contribution in [1.29, 1.82) is 0 Å². The molecule has 0 spiro atoms. The van der Waals surface area contributed by atoms with Gasteiger partial charge >= 0.3 is 0 Å². The topological polar surface area (TPSA) is 66.5 Å². The van der Waals surface area contributed by atoms with Gasteiger partial charge in [-0.2, -0.15) is 4.31 Å². The molecule has 1 saturated carbocycles. The van der Waals surface area contributed by atoms with Crippen LogP contribution in [0.1, 0.15) is 36.6 Å².